The maximum absolute atomic E-state index is 13.0. The van der Waals surface area contributed by atoms with E-state index in [1.54, 1.807) is 19.1 Å². The summed E-state index contributed by atoms with van der Waals surface area (Å²) in [5.74, 6) is -0.181. The van der Waals surface area contributed by atoms with Gasteiger partial charge in [0.25, 0.3) is 5.91 Å². The molecular formula is C17H20FN5O2. The SMILES string of the molecule is Cc1nc(C(=O)NCCC(=O)N2CCCC2)nn1-c1ccc(F)cc1. The average molecular weight is 345 g/mol. The Morgan fingerprint density at radius 3 is 2.56 bits per heavy atom. The van der Waals surface area contributed by atoms with Gasteiger partial charge in [0.1, 0.15) is 11.6 Å². The van der Waals surface area contributed by atoms with E-state index in [1.807, 2.05) is 4.90 Å². The molecule has 1 fully saturated rings. The normalized spacial score (nSPS) is 13.9. The molecule has 132 valence electrons. The third-order valence-corrected chi connectivity index (χ3v) is 4.13. The third kappa shape index (κ3) is 4.01. The first kappa shape index (κ1) is 17.1. The minimum Gasteiger partial charge on any atom is -0.349 e. The minimum absolute atomic E-state index is 0.0236. The third-order valence-electron chi connectivity index (χ3n) is 4.13. The van der Waals surface area contributed by atoms with Crippen LogP contribution in [0.5, 0.6) is 0 Å². The van der Waals surface area contributed by atoms with Crippen LogP contribution in [0.25, 0.3) is 5.69 Å². The van der Waals surface area contributed by atoms with Crippen LogP contribution in [0.3, 0.4) is 0 Å². The molecule has 1 N–H and O–H groups in total. The van der Waals surface area contributed by atoms with Crippen molar-refractivity contribution >= 4 is 11.8 Å². The van der Waals surface area contributed by atoms with Crippen LogP contribution in [-0.4, -0.2) is 51.1 Å². The summed E-state index contributed by atoms with van der Waals surface area (Å²) in [5, 5.41) is 6.83. The fourth-order valence-corrected chi connectivity index (χ4v) is 2.80. The molecule has 0 bridgehead atoms. The smallest absolute Gasteiger partial charge is 0.290 e. The fraction of sp³-hybridized carbons (Fsp3) is 0.412. The summed E-state index contributed by atoms with van der Waals surface area (Å²) >= 11 is 0. The second-order valence-electron chi connectivity index (χ2n) is 5.96. The van der Waals surface area contributed by atoms with E-state index < -0.39 is 5.91 Å². The van der Waals surface area contributed by atoms with Gasteiger partial charge in [0.05, 0.1) is 5.69 Å². The van der Waals surface area contributed by atoms with Crippen LogP contribution in [-0.2, 0) is 4.79 Å². The van der Waals surface area contributed by atoms with Gasteiger partial charge in [-0.3, -0.25) is 9.59 Å². The van der Waals surface area contributed by atoms with E-state index in [0.717, 1.165) is 25.9 Å². The number of hydrogen-bond acceptors (Lipinski definition) is 4. The standard InChI is InChI=1S/C17H20FN5O2/c1-12-20-16(21-23(12)14-6-4-13(18)5-7-14)17(25)19-9-8-15(24)22-10-2-3-11-22/h4-7H,2-3,8-11H2,1H3,(H,19,25). The second-order valence-corrected chi connectivity index (χ2v) is 5.96. The maximum Gasteiger partial charge on any atom is 0.290 e. The Morgan fingerprint density at radius 2 is 1.88 bits per heavy atom. The van der Waals surface area contributed by atoms with Crippen molar-refractivity contribution in [3.63, 3.8) is 0 Å². The quantitative estimate of drug-likeness (QED) is 0.890. The topological polar surface area (TPSA) is 80.1 Å². The molecule has 1 aromatic heterocycles. The van der Waals surface area contributed by atoms with E-state index in [4.69, 9.17) is 0 Å². The summed E-state index contributed by atoms with van der Waals surface area (Å²) in [7, 11) is 0. The molecule has 0 spiro atoms. The van der Waals surface area contributed by atoms with E-state index in [9.17, 15) is 14.0 Å². The van der Waals surface area contributed by atoms with E-state index in [-0.39, 0.29) is 30.5 Å². The van der Waals surface area contributed by atoms with Crippen LogP contribution in [0.1, 0.15) is 35.7 Å². The molecule has 0 atom stereocenters. The van der Waals surface area contributed by atoms with Crippen molar-refractivity contribution in [2.75, 3.05) is 19.6 Å². The van der Waals surface area contributed by atoms with Crippen molar-refractivity contribution in [2.45, 2.75) is 26.2 Å². The lowest BCUT2D eigenvalue weighted by Crippen LogP contribution is -2.33. The largest absolute Gasteiger partial charge is 0.349 e. The van der Waals surface area contributed by atoms with Gasteiger partial charge >= 0.3 is 0 Å². The monoisotopic (exact) mass is 345 g/mol. The number of carbonyl (C=O) groups is 2. The average Bonchev–Trinajstić information content (AvgIpc) is 3.25. The zero-order chi connectivity index (χ0) is 17.8. The van der Waals surface area contributed by atoms with Gasteiger partial charge in [-0.2, -0.15) is 0 Å². The van der Waals surface area contributed by atoms with Gasteiger partial charge in [0.2, 0.25) is 11.7 Å². The van der Waals surface area contributed by atoms with Crippen molar-refractivity contribution < 1.29 is 14.0 Å². The number of rotatable bonds is 5. The van der Waals surface area contributed by atoms with Crippen LogP contribution in [0.4, 0.5) is 4.39 Å². The number of likely N-dealkylation sites (tertiary alicyclic amines) is 1. The Hall–Kier alpha value is -2.77. The summed E-state index contributed by atoms with van der Waals surface area (Å²) < 4.78 is 14.5. The number of aryl methyl sites for hydroxylation is 1. The van der Waals surface area contributed by atoms with E-state index >= 15 is 0 Å². The van der Waals surface area contributed by atoms with Gasteiger partial charge in [-0.05, 0) is 44.0 Å². The number of halogens is 1. The van der Waals surface area contributed by atoms with Crippen LogP contribution < -0.4 is 5.32 Å². The van der Waals surface area contributed by atoms with Crippen LogP contribution in [0, 0.1) is 12.7 Å². The van der Waals surface area contributed by atoms with Gasteiger partial charge in [-0.25, -0.2) is 14.1 Å². The zero-order valence-electron chi connectivity index (χ0n) is 14.0. The van der Waals surface area contributed by atoms with E-state index in [0.29, 0.717) is 11.5 Å². The summed E-state index contributed by atoms with van der Waals surface area (Å²) in [6, 6.07) is 5.77. The van der Waals surface area contributed by atoms with Crippen LogP contribution >= 0.6 is 0 Å². The molecule has 0 saturated carbocycles. The molecule has 2 aromatic rings. The van der Waals surface area contributed by atoms with E-state index in [2.05, 4.69) is 15.4 Å². The Kier molecular flexibility index (Phi) is 5.06. The minimum atomic E-state index is -0.432. The molecule has 0 unspecified atom stereocenters. The molecule has 1 aliphatic rings. The first-order chi connectivity index (χ1) is 12.0. The van der Waals surface area contributed by atoms with Crippen molar-refractivity contribution in [1.29, 1.82) is 0 Å². The Morgan fingerprint density at radius 1 is 1.20 bits per heavy atom. The Bertz CT molecular complexity index is 766. The van der Waals surface area contributed by atoms with Crippen molar-refractivity contribution in [2.24, 2.45) is 0 Å². The number of carbonyl (C=O) groups excluding carboxylic acids is 2. The van der Waals surface area contributed by atoms with Gasteiger partial charge in [0.15, 0.2) is 0 Å². The highest BCUT2D eigenvalue weighted by Crippen LogP contribution is 2.11. The molecule has 0 aliphatic carbocycles. The molecule has 8 heteroatoms. The molecule has 7 nitrogen and oxygen atoms in total. The van der Waals surface area contributed by atoms with Gasteiger partial charge in [-0.15, -0.1) is 5.10 Å². The highest BCUT2D eigenvalue weighted by Gasteiger charge is 2.19. The molecule has 1 aromatic carbocycles. The highest BCUT2D eigenvalue weighted by molar-refractivity contribution is 5.90. The van der Waals surface area contributed by atoms with Crippen molar-refractivity contribution in [3.05, 3.63) is 41.7 Å². The summed E-state index contributed by atoms with van der Waals surface area (Å²) in [6.07, 6.45) is 2.35. The predicted octanol–water partition coefficient (Wildman–Crippen LogP) is 1.46. The van der Waals surface area contributed by atoms with Crippen molar-refractivity contribution in [3.8, 4) is 5.69 Å². The lowest BCUT2D eigenvalue weighted by Gasteiger charge is -2.14. The molecular weight excluding hydrogens is 325 g/mol. The fourth-order valence-electron chi connectivity index (χ4n) is 2.80. The van der Waals surface area contributed by atoms with Crippen LogP contribution in [0.15, 0.2) is 24.3 Å². The van der Waals surface area contributed by atoms with E-state index in [1.165, 1.54) is 16.8 Å². The highest BCUT2D eigenvalue weighted by atomic mass is 19.1. The lowest BCUT2D eigenvalue weighted by atomic mass is 10.3. The lowest BCUT2D eigenvalue weighted by molar-refractivity contribution is -0.129. The molecule has 3 rings (SSSR count). The molecule has 2 amide bonds. The summed E-state index contributed by atoms with van der Waals surface area (Å²) in [5.41, 5.74) is 0.620. The molecule has 1 saturated heterocycles. The number of aromatic nitrogens is 3. The summed E-state index contributed by atoms with van der Waals surface area (Å²) in [4.78, 5) is 30.1. The Labute approximate surface area is 144 Å². The predicted molar refractivity (Wildman–Crippen MR) is 88.8 cm³/mol. The number of hydrogen-bond donors (Lipinski definition) is 1. The molecule has 1 aliphatic heterocycles. The second kappa shape index (κ2) is 7.42. The summed E-state index contributed by atoms with van der Waals surface area (Å²) in [6.45, 7) is 3.56. The first-order valence-electron chi connectivity index (χ1n) is 8.30. The zero-order valence-corrected chi connectivity index (χ0v) is 14.0. The molecule has 0 radical (unpaired) electrons. The van der Waals surface area contributed by atoms with Crippen LogP contribution in [0.2, 0.25) is 0 Å². The van der Waals surface area contributed by atoms with Crippen molar-refractivity contribution in [1.82, 2.24) is 25.0 Å². The molecule has 25 heavy (non-hydrogen) atoms. The number of benzene rings is 1. The number of nitrogens with zero attached hydrogens (tertiary/aromatic N) is 4. The Balaban J connectivity index is 1.58. The van der Waals surface area contributed by atoms with Gasteiger partial charge in [-0.1, -0.05) is 0 Å². The number of nitrogens with one attached hydrogen (secondary N) is 1. The van der Waals surface area contributed by atoms with Gasteiger partial charge in [0, 0.05) is 26.1 Å². The maximum atomic E-state index is 13.0. The molecule has 2 heterocycles. The first-order valence-corrected chi connectivity index (χ1v) is 8.30. The number of amides is 2. The van der Waals surface area contributed by atoms with Gasteiger partial charge < -0.3 is 10.2 Å².